The fraction of sp³-hybridized carbons (Fsp3) is 0.174. The largest absolute Gasteiger partial charge is 0.495 e. The second kappa shape index (κ2) is 9.96. The van der Waals surface area contributed by atoms with E-state index in [0.717, 1.165) is 11.1 Å². The van der Waals surface area contributed by atoms with E-state index in [4.69, 9.17) is 21.1 Å². The van der Waals surface area contributed by atoms with E-state index in [1.807, 2.05) is 60.7 Å². The minimum Gasteiger partial charge on any atom is -0.495 e. The Morgan fingerprint density at radius 2 is 1.45 bits per heavy atom. The molecule has 2 N–H and O–H groups in total. The van der Waals surface area contributed by atoms with Gasteiger partial charge in [-0.1, -0.05) is 72.3 Å². The molecule has 0 aliphatic heterocycles. The van der Waals surface area contributed by atoms with Crippen molar-refractivity contribution in [3.05, 3.63) is 88.9 Å². The fourth-order valence-corrected chi connectivity index (χ4v) is 3.30. The van der Waals surface area contributed by atoms with E-state index in [1.54, 1.807) is 12.1 Å². The van der Waals surface area contributed by atoms with Crippen LogP contribution < -0.4 is 20.1 Å². The first-order valence-corrected chi connectivity index (χ1v) is 9.55. The SMILES string of the molecule is COc1cc(NC(=O)CNC(c2ccccc2)c2ccccc2)c(OC)cc1Cl. The second-order valence-electron chi connectivity index (χ2n) is 6.37. The Bertz CT molecular complexity index is 910. The van der Waals surface area contributed by atoms with Crippen molar-refractivity contribution in [2.75, 3.05) is 26.1 Å². The van der Waals surface area contributed by atoms with E-state index in [0.29, 0.717) is 22.2 Å². The van der Waals surface area contributed by atoms with Gasteiger partial charge in [0.25, 0.3) is 0 Å². The highest BCUT2D eigenvalue weighted by molar-refractivity contribution is 6.32. The average molecular weight is 411 g/mol. The van der Waals surface area contributed by atoms with Gasteiger partial charge in [0.05, 0.1) is 37.5 Å². The van der Waals surface area contributed by atoms with Gasteiger partial charge in [-0.25, -0.2) is 0 Å². The van der Waals surface area contributed by atoms with E-state index in [9.17, 15) is 4.79 Å². The van der Waals surface area contributed by atoms with Crippen LogP contribution in [-0.2, 0) is 4.79 Å². The molecule has 0 saturated heterocycles. The molecule has 5 nitrogen and oxygen atoms in total. The zero-order valence-electron chi connectivity index (χ0n) is 16.3. The van der Waals surface area contributed by atoms with Crippen molar-refractivity contribution < 1.29 is 14.3 Å². The van der Waals surface area contributed by atoms with Crippen LogP contribution in [0.1, 0.15) is 17.2 Å². The van der Waals surface area contributed by atoms with Crippen LogP contribution in [0.3, 0.4) is 0 Å². The van der Waals surface area contributed by atoms with Gasteiger partial charge in [0, 0.05) is 12.1 Å². The summed E-state index contributed by atoms with van der Waals surface area (Å²) < 4.78 is 10.5. The van der Waals surface area contributed by atoms with Crippen molar-refractivity contribution >= 4 is 23.2 Å². The molecule has 6 heteroatoms. The Labute approximate surface area is 175 Å². The van der Waals surface area contributed by atoms with Crippen LogP contribution >= 0.6 is 11.6 Å². The van der Waals surface area contributed by atoms with E-state index >= 15 is 0 Å². The third-order valence-electron chi connectivity index (χ3n) is 4.48. The lowest BCUT2D eigenvalue weighted by Crippen LogP contribution is -2.32. The van der Waals surface area contributed by atoms with Gasteiger partial charge in [-0.2, -0.15) is 0 Å². The molecule has 0 fully saturated rings. The summed E-state index contributed by atoms with van der Waals surface area (Å²) in [5, 5.41) is 6.61. The number of carbonyl (C=O) groups excluding carboxylic acids is 1. The van der Waals surface area contributed by atoms with Gasteiger partial charge in [-0.15, -0.1) is 0 Å². The molecule has 0 bridgehead atoms. The molecule has 0 aliphatic carbocycles. The maximum atomic E-state index is 12.6. The van der Waals surface area contributed by atoms with Crippen LogP contribution in [-0.4, -0.2) is 26.7 Å². The molecule has 0 radical (unpaired) electrons. The lowest BCUT2D eigenvalue weighted by atomic mass is 9.99. The first kappa shape index (κ1) is 20.7. The van der Waals surface area contributed by atoms with E-state index in [-0.39, 0.29) is 18.5 Å². The Kier molecular flexibility index (Phi) is 7.11. The number of carbonyl (C=O) groups is 1. The number of anilines is 1. The Morgan fingerprint density at radius 1 is 0.897 bits per heavy atom. The summed E-state index contributed by atoms with van der Waals surface area (Å²) >= 11 is 6.13. The van der Waals surface area contributed by atoms with Crippen LogP contribution in [0.15, 0.2) is 72.8 Å². The quantitative estimate of drug-likeness (QED) is 0.566. The molecule has 0 aromatic heterocycles. The first-order chi connectivity index (χ1) is 14.1. The molecule has 3 rings (SSSR count). The highest BCUT2D eigenvalue weighted by Gasteiger charge is 2.16. The average Bonchev–Trinajstić information content (AvgIpc) is 2.76. The number of hydrogen-bond acceptors (Lipinski definition) is 4. The minimum atomic E-state index is -0.204. The lowest BCUT2D eigenvalue weighted by molar-refractivity contribution is -0.115. The molecular weight excluding hydrogens is 388 g/mol. The van der Waals surface area contributed by atoms with Crippen molar-refractivity contribution in [3.8, 4) is 11.5 Å². The van der Waals surface area contributed by atoms with Crippen molar-refractivity contribution in [1.29, 1.82) is 0 Å². The fourth-order valence-electron chi connectivity index (χ4n) is 3.07. The third kappa shape index (κ3) is 5.28. The first-order valence-electron chi connectivity index (χ1n) is 9.17. The van der Waals surface area contributed by atoms with Gasteiger partial charge in [0.1, 0.15) is 11.5 Å². The predicted octanol–water partition coefficient (Wildman–Crippen LogP) is 4.67. The molecule has 0 spiro atoms. The van der Waals surface area contributed by atoms with E-state index in [2.05, 4.69) is 10.6 Å². The lowest BCUT2D eigenvalue weighted by Gasteiger charge is -2.20. The number of amides is 1. The summed E-state index contributed by atoms with van der Waals surface area (Å²) in [7, 11) is 3.04. The van der Waals surface area contributed by atoms with E-state index < -0.39 is 0 Å². The normalized spacial score (nSPS) is 10.6. The van der Waals surface area contributed by atoms with Gasteiger partial charge in [-0.3, -0.25) is 10.1 Å². The van der Waals surface area contributed by atoms with Crippen LogP contribution in [0.2, 0.25) is 5.02 Å². The topological polar surface area (TPSA) is 59.6 Å². The highest BCUT2D eigenvalue weighted by atomic mass is 35.5. The maximum absolute atomic E-state index is 12.6. The molecule has 0 heterocycles. The van der Waals surface area contributed by atoms with Crippen LogP contribution in [0.25, 0.3) is 0 Å². The molecule has 0 saturated carbocycles. The summed E-state index contributed by atoms with van der Waals surface area (Å²) in [5.41, 5.74) is 2.66. The monoisotopic (exact) mass is 410 g/mol. The molecule has 0 atom stereocenters. The molecule has 29 heavy (non-hydrogen) atoms. The number of hydrogen-bond donors (Lipinski definition) is 2. The predicted molar refractivity (Wildman–Crippen MR) is 116 cm³/mol. The molecular formula is C23H23ClN2O3. The van der Waals surface area contributed by atoms with Gasteiger partial charge < -0.3 is 14.8 Å². The number of rotatable bonds is 8. The summed E-state index contributed by atoms with van der Waals surface area (Å²) in [6.45, 7) is 0.114. The van der Waals surface area contributed by atoms with E-state index in [1.165, 1.54) is 14.2 Å². The number of methoxy groups -OCH3 is 2. The number of benzene rings is 3. The molecule has 1 amide bonds. The van der Waals surface area contributed by atoms with Crippen molar-refractivity contribution in [1.82, 2.24) is 5.32 Å². The number of halogens is 1. The van der Waals surface area contributed by atoms with Crippen molar-refractivity contribution in [2.24, 2.45) is 0 Å². The number of nitrogens with one attached hydrogen (secondary N) is 2. The summed E-state index contributed by atoms with van der Waals surface area (Å²) in [5.74, 6) is 0.721. The highest BCUT2D eigenvalue weighted by Crippen LogP contribution is 2.35. The molecule has 0 unspecified atom stereocenters. The number of ether oxygens (including phenoxy) is 2. The van der Waals surface area contributed by atoms with Crippen molar-refractivity contribution in [2.45, 2.75) is 6.04 Å². The Hall–Kier alpha value is -3.02. The molecule has 0 aliphatic rings. The summed E-state index contributed by atoms with van der Waals surface area (Å²) in [6.07, 6.45) is 0. The van der Waals surface area contributed by atoms with Crippen LogP contribution in [0.4, 0.5) is 5.69 Å². The Morgan fingerprint density at radius 3 is 1.97 bits per heavy atom. The molecule has 3 aromatic carbocycles. The Balaban J connectivity index is 1.74. The van der Waals surface area contributed by atoms with Gasteiger partial charge in [0.2, 0.25) is 5.91 Å². The summed E-state index contributed by atoms with van der Waals surface area (Å²) in [6, 6.07) is 23.2. The van der Waals surface area contributed by atoms with Crippen molar-refractivity contribution in [3.63, 3.8) is 0 Å². The zero-order chi connectivity index (χ0) is 20.6. The smallest absolute Gasteiger partial charge is 0.238 e. The third-order valence-corrected chi connectivity index (χ3v) is 4.78. The van der Waals surface area contributed by atoms with Gasteiger partial charge >= 0.3 is 0 Å². The van der Waals surface area contributed by atoms with Crippen LogP contribution in [0.5, 0.6) is 11.5 Å². The second-order valence-corrected chi connectivity index (χ2v) is 6.78. The zero-order valence-corrected chi connectivity index (χ0v) is 17.1. The maximum Gasteiger partial charge on any atom is 0.238 e. The summed E-state index contributed by atoms with van der Waals surface area (Å²) in [4.78, 5) is 12.6. The van der Waals surface area contributed by atoms with Gasteiger partial charge in [-0.05, 0) is 11.1 Å². The standard InChI is InChI=1S/C23H23ClN2O3/c1-28-20-14-19(21(29-2)13-18(20)24)26-22(27)15-25-23(16-9-5-3-6-10-16)17-11-7-4-8-12-17/h3-14,23,25H,15H2,1-2H3,(H,26,27). The minimum absolute atomic E-state index is 0.107. The van der Waals surface area contributed by atoms with Crippen LogP contribution in [0, 0.1) is 0 Å². The van der Waals surface area contributed by atoms with Gasteiger partial charge in [0.15, 0.2) is 0 Å². The molecule has 3 aromatic rings. The molecule has 150 valence electrons.